The summed E-state index contributed by atoms with van der Waals surface area (Å²) >= 11 is 0. The summed E-state index contributed by atoms with van der Waals surface area (Å²) in [6, 6.07) is 4.82. The Morgan fingerprint density at radius 3 is 2.94 bits per heavy atom. The number of nitrogens with zero attached hydrogens (tertiary/aromatic N) is 2. The van der Waals surface area contributed by atoms with Crippen molar-refractivity contribution < 1.29 is 14.8 Å². The topological polar surface area (TPSA) is 75.8 Å². The molecule has 1 heterocycles. The molecule has 1 saturated heterocycles. The highest BCUT2D eigenvalue weighted by molar-refractivity contribution is 5.58. The lowest BCUT2D eigenvalue weighted by molar-refractivity contribution is -0.384. The maximum atomic E-state index is 10.7. The average Bonchev–Trinajstić information content (AvgIpc) is 2.90. The molecule has 1 aliphatic heterocycles. The van der Waals surface area contributed by atoms with Crippen LogP contribution in [0, 0.1) is 10.1 Å². The van der Waals surface area contributed by atoms with Gasteiger partial charge in [0, 0.05) is 37.0 Å². The van der Waals surface area contributed by atoms with E-state index in [9.17, 15) is 15.2 Å². The number of aliphatic hydroxyl groups excluding tert-OH is 1. The molecule has 1 unspecified atom stereocenters. The molecule has 1 N–H and O–H groups in total. The molecule has 1 aromatic carbocycles. The standard InChI is InChI=1S/C12H16N2O4/c1-13(11-4-5-18-8-11)12-3-2-10(14(16)17)6-9(12)7-15/h2-3,6,11,15H,4-5,7-8H2,1H3. The van der Waals surface area contributed by atoms with E-state index in [2.05, 4.69) is 0 Å². The van der Waals surface area contributed by atoms with Gasteiger partial charge in [-0.1, -0.05) is 0 Å². The van der Waals surface area contributed by atoms with E-state index < -0.39 is 4.92 Å². The predicted octanol–water partition coefficient (Wildman–Crippen LogP) is 1.31. The van der Waals surface area contributed by atoms with Crippen molar-refractivity contribution >= 4 is 11.4 Å². The molecule has 18 heavy (non-hydrogen) atoms. The van der Waals surface area contributed by atoms with Crippen LogP contribution in [0.25, 0.3) is 0 Å². The van der Waals surface area contributed by atoms with Crippen LogP contribution in [0.5, 0.6) is 0 Å². The number of hydrogen-bond donors (Lipinski definition) is 1. The number of nitro benzene ring substituents is 1. The highest BCUT2D eigenvalue weighted by atomic mass is 16.6. The summed E-state index contributed by atoms with van der Waals surface area (Å²) in [5.74, 6) is 0. The molecule has 0 spiro atoms. The van der Waals surface area contributed by atoms with Crippen molar-refractivity contribution in [2.75, 3.05) is 25.2 Å². The van der Waals surface area contributed by atoms with Crippen molar-refractivity contribution in [2.24, 2.45) is 0 Å². The molecule has 1 aliphatic rings. The molecule has 98 valence electrons. The number of anilines is 1. The molecule has 1 atom stereocenters. The Morgan fingerprint density at radius 2 is 2.39 bits per heavy atom. The second kappa shape index (κ2) is 5.32. The van der Waals surface area contributed by atoms with Crippen molar-refractivity contribution in [1.29, 1.82) is 0 Å². The third-order valence-electron chi connectivity index (χ3n) is 3.28. The summed E-state index contributed by atoms with van der Waals surface area (Å²) in [5.41, 5.74) is 1.39. The van der Waals surface area contributed by atoms with Crippen LogP contribution in [0.4, 0.5) is 11.4 Å². The van der Waals surface area contributed by atoms with E-state index in [1.165, 1.54) is 12.1 Å². The van der Waals surface area contributed by atoms with Crippen LogP contribution < -0.4 is 4.90 Å². The lowest BCUT2D eigenvalue weighted by Crippen LogP contribution is -2.32. The Morgan fingerprint density at radius 1 is 1.61 bits per heavy atom. The fourth-order valence-electron chi connectivity index (χ4n) is 2.18. The summed E-state index contributed by atoms with van der Waals surface area (Å²) < 4.78 is 5.32. The Kier molecular flexibility index (Phi) is 3.78. The van der Waals surface area contributed by atoms with Gasteiger partial charge in [0.1, 0.15) is 0 Å². The van der Waals surface area contributed by atoms with Crippen LogP contribution in [0.3, 0.4) is 0 Å². The Hall–Kier alpha value is -1.66. The third-order valence-corrected chi connectivity index (χ3v) is 3.28. The van der Waals surface area contributed by atoms with Crippen LogP contribution in [0.2, 0.25) is 0 Å². The molecule has 1 aromatic rings. The maximum Gasteiger partial charge on any atom is 0.269 e. The Bertz CT molecular complexity index is 444. The summed E-state index contributed by atoms with van der Waals surface area (Å²) in [4.78, 5) is 12.3. The number of hydrogen-bond acceptors (Lipinski definition) is 5. The van der Waals surface area contributed by atoms with Crippen molar-refractivity contribution in [3.63, 3.8) is 0 Å². The van der Waals surface area contributed by atoms with Crippen LogP contribution in [-0.4, -0.2) is 36.3 Å². The first-order valence-electron chi connectivity index (χ1n) is 5.82. The smallest absolute Gasteiger partial charge is 0.269 e. The molecule has 6 heteroatoms. The van der Waals surface area contributed by atoms with E-state index in [0.29, 0.717) is 12.2 Å². The van der Waals surface area contributed by atoms with Gasteiger partial charge in [0.2, 0.25) is 0 Å². The van der Waals surface area contributed by atoms with E-state index in [-0.39, 0.29) is 18.3 Å². The number of ether oxygens (including phenoxy) is 1. The molecular formula is C12H16N2O4. The number of rotatable bonds is 4. The quantitative estimate of drug-likeness (QED) is 0.646. The van der Waals surface area contributed by atoms with Crippen LogP contribution in [-0.2, 0) is 11.3 Å². The molecule has 0 bridgehead atoms. The number of benzene rings is 1. The van der Waals surface area contributed by atoms with Crippen molar-refractivity contribution in [2.45, 2.75) is 19.1 Å². The second-order valence-corrected chi connectivity index (χ2v) is 4.36. The Labute approximate surface area is 105 Å². The third kappa shape index (κ3) is 2.44. The molecule has 0 radical (unpaired) electrons. The highest BCUT2D eigenvalue weighted by Crippen LogP contribution is 2.27. The minimum atomic E-state index is -0.457. The zero-order chi connectivity index (χ0) is 13.1. The first kappa shape index (κ1) is 12.8. The van der Waals surface area contributed by atoms with Gasteiger partial charge >= 0.3 is 0 Å². The first-order chi connectivity index (χ1) is 8.63. The van der Waals surface area contributed by atoms with Crippen LogP contribution in [0.1, 0.15) is 12.0 Å². The minimum Gasteiger partial charge on any atom is -0.392 e. The van der Waals surface area contributed by atoms with E-state index >= 15 is 0 Å². The summed E-state index contributed by atoms with van der Waals surface area (Å²) in [6.07, 6.45) is 0.929. The van der Waals surface area contributed by atoms with Gasteiger partial charge in [-0.2, -0.15) is 0 Å². The zero-order valence-electron chi connectivity index (χ0n) is 10.2. The van der Waals surface area contributed by atoms with E-state index in [0.717, 1.165) is 18.7 Å². The van der Waals surface area contributed by atoms with Gasteiger partial charge in [0.25, 0.3) is 5.69 Å². The number of non-ortho nitro benzene ring substituents is 1. The Balaban J connectivity index is 2.28. The predicted molar refractivity (Wildman–Crippen MR) is 66.6 cm³/mol. The van der Waals surface area contributed by atoms with E-state index in [1.54, 1.807) is 6.07 Å². The fraction of sp³-hybridized carbons (Fsp3) is 0.500. The SMILES string of the molecule is CN(c1ccc([N+](=O)[O-])cc1CO)C1CCOC1. The molecule has 6 nitrogen and oxygen atoms in total. The van der Waals surface area contributed by atoms with E-state index in [1.807, 2.05) is 11.9 Å². The normalized spacial score (nSPS) is 18.9. The minimum absolute atomic E-state index is 0.00104. The van der Waals surface area contributed by atoms with Crippen molar-refractivity contribution in [3.05, 3.63) is 33.9 Å². The molecule has 0 aliphatic carbocycles. The highest BCUT2D eigenvalue weighted by Gasteiger charge is 2.23. The lowest BCUT2D eigenvalue weighted by atomic mass is 10.1. The van der Waals surface area contributed by atoms with Gasteiger partial charge < -0.3 is 14.7 Å². The summed E-state index contributed by atoms with van der Waals surface area (Å²) in [5, 5.41) is 20.0. The fourth-order valence-corrected chi connectivity index (χ4v) is 2.18. The molecule has 0 aromatic heterocycles. The lowest BCUT2D eigenvalue weighted by Gasteiger charge is -2.27. The van der Waals surface area contributed by atoms with Gasteiger partial charge in [-0.15, -0.1) is 0 Å². The van der Waals surface area contributed by atoms with Crippen molar-refractivity contribution in [1.82, 2.24) is 0 Å². The summed E-state index contributed by atoms with van der Waals surface area (Å²) in [6.45, 7) is 1.17. The zero-order valence-corrected chi connectivity index (χ0v) is 10.2. The van der Waals surface area contributed by atoms with Crippen LogP contribution >= 0.6 is 0 Å². The molecular weight excluding hydrogens is 236 g/mol. The summed E-state index contributed by atoms with van der Waals surface area (Å²) in [7, 11) is 1.92. The molecule has 2 rings (SSSR count). The largest absolute Gasteiger partial charge is 0.392 e. The van der Waals surface area contributed by atoms with Gasteiger partial charge in [-0.3, -0.25) is 10.1 Å². The number of likely N-dealkylation sites (N-methyl/N-ethyl adjacent to an activating group) is 1. The van der Waals surface area contributed by atoms with E-state index in [4.69, 9.17) is 4.74 Å². The molecule has 0 saturated carbocycles. The van der Waals surface area contributed by atoms with Crippen molar-refractivity contribution in [3.8, 4) is 0 Å². The van der Waals surface area contributed by atoms with Gasteiger partial charge in [0.15, 0.2) is 0 Å². The van der Waals surface area contributed by atoms with Crippen LogP contribution in [0.15, 0.2) is 18.2 Å². The van der Waals surface area contributed by atoms with Gasteiger partial charge in [-0.25, -0.2) is 0 Å². The number of aliphatic hydroxyl groups is 1. The maximum absolute atomic E-state index is 10.7. The first-order valence-corrected chi connectivity index (χ1v) is 5.82. The second-order valence-electron chi connectivity index (χ2n) is 4.36. The molecule has 1 fully saturated rings. The monoisotopic (exact) mass is 252 g/mol. The average molecular weight is 252 g/mol. The number of nitro groups is 1. The van der Waals surface area contributed by atoms with Gasteiger partial charge in [0.05, 0.1) is 24.2 Å². The van der Waals surface area contributed by atoms with Gasteiger partial charge in [-0.05, 0) is 12.5 Å². The molecule has 0 amide bonds.